The summed E-state index contributed by atoms with van der Waals surface area (Å²) in [6.45, 7) is 6.40. The van der Waals surface area contributed by atoms with Gasteiger partial charge in [0.25, 0.3) is 0 Å². The first-order valence-electron chi connectivity index (χ1n) is 10.9. The average molecular weight is 450 g/mol. The van der Waals surface area contributed by atoms with Crippen LogP contribution in [0.2, 0.25) is 0 Å². The predicted molar refractivity (Wildman–Crippen MR) is 123 cm³/mol. The molecule has 0 bridgehead atoms. The summed E-state index contributed by atoms with van der Waals surface area (Å²) in [4.78, 5) is 6.59. The average Bonchev–Trinajstić information content (AvgIpc) is 3.39. The predicted octanol–water partition coefficient (Wildman–Crippen LogP) is 2.89. The molecule has 1 aliphatic heterocycles. The van der Waals surface area contributed by atoms with Crippen molar-refractivity contribution < 1.29 is 13.9 Å². The first-order valence-corrected chi connectivity index (χ1v) is 10.9. The second kappa shape index (κ2) is 8.45. The third-order valence-electron chi connectivity index (χ3n) is 5.82. The van der Waals surface area contributed by atoms with Crippen molar-refractivity contribution in [2.75, 3.05) is 25.9 Å². The van der Waals surface area contributed by atoms with Crippen molar-refractivity contribution >= 4 is 16.6 Å². The molecule has 5 rings (SSSR count). The fourth-order valence-electron chi connectivity index (χ4n) is 4.42. The Morgan fingerprint density at radius 3 is 2.61 bits per heavy atom. The fraction of sp³-hybridized carbons (Fsp3) is 0.391. The maximum atomic E-state index is 6.11. The minimum Gasteiger partial charge on any atom is -0.480 e. The molecule has 33 heavy (non-hydrogen) atoms. The fourth-order valence-corrected chi connectivity index (χ4v) is 4.42. The summed E-state index contributed by atoms with van der Waals surface area (Å²) in [5, 5.41) is 14.0. The van der Waals surface area contributed by atoms with E-state index < -0.39 is 0 Å². The number of benzene rings is 1. The van der Waals surface area contributed by atoms with Crippen LogP contribution in [0, 0.1) is 0 Å². The van der Waals surface area contributed by atoms with Gasteiger partial charge in [-0.15, -0.1) is 10.2 Å². The molecule has 1 saturated heterocycles. The summed E-state index contributed by atoms with van der Waals surface area (Å²) in [5.74, 6) is 1.42. The zero-order valence-electron chi connectivity index (χ0n) is 19.1. The molecule has 0 unspecified atom stereocenters. The van der Waals surface area contributed by atoms with Crippen molar-refractivity contribution in [1.82, 2.24) is 29.9 Å². The van der Waals surface area contributed by atoms with E-state index in [4.69, 9.17) is 19.6 Å². The van der Waals surface area contributed by atoms with Crippen LogP contribution in [-0.2, 0) is 18.3 Å². The van der Waals surface area contributed by atoms with Crippen molar-refractivity contribution in [3.05, 3.63) is 36.5 Å². The number of nitrogens with zero attached hydrogens (tertiary/aromatic N) is 6. The van der Waals surface area contributed by atoms with Crippen molar-refractivity contribution in [2.24, 2.45) is 7.05 Å². The normalized spacial score (nSPS) is 19.3. The Balaban J connectivity index is 1.51. The van der Waals surface area contributed by atoms with Crippen LogP contribution in [0.25, 0.3) is 33.5 Å². The molecule has 1 aliphatic rings. The third-order valence-corrected chi connectivity index (χ3v) is 5.82. The molecule has 2 atom stereocenters. The maximum absolute atomic E-state index is 6.11. The molecule has 4 heterocycles. The van der Waals surface area contributed by atoms with Gasteiger partial charge < -0.3 is 19.6 Å². The minimum absolute atomic E-state index is 0.174. The largest absolute Gasteiger partial charge is 0.480 e. The summed E-state index contributed by atoms with van der Waals surface area (Å²) in [5.41, 5.74) is 10.1. The van der Waals surface area contributed by atoms with E-state index in [0.717, 1.165) is 40.7 Å². The first kappa shape index (κ1) is 21.4. The molecule has 3 aromatic heterocycles. The van der Waals surface area contributed by atoms with Gasteiger partial charge in [0, 0.05) is 37.3 Å². The third kappa shape index (κ3) is 4.14. The number of hydrogen-bond donors (Lipinski definition) is 1. The monoisotopic (exact) mass is 449 g/mol. The van der Waals surface area contributed by atoms with Gasteiger partial charge in [0.1, 0.15) is 0 Å². The van der Waals surface area contributed by atoms with E-state index in [9.17, 15) is 0 Å². The molecule has 1 aromatic carbocycles. The molecular weight excluding hydrogens is 422 g/mol. The Kier molecular flexibility index (Phi) is 5.47. The van der Waals surface area contributed by atoms with E-state index in [1.807, 2.05) is 36.1 Å². The van der Waals surface area contributed by atoms with Gasteiger partial charge >= 0.3 is 0 Å². The highest BCUT2D eigenvalue weighted by Gasteiger charge is 2.24. The second-order valence-corrected chi connectivity index (χ2v) is 8.50. The van der Waals surface area contributed by atoms with E-state index in [1.165, 1.54) is 0 Å². The van der Waals surface area contributed by atoms with Crippen molar-refractivity contribution in [2.45, 2.75) is 32.6 Å². The number of anilines is 1. The Hall–Kier alpha value is -3.50. The molecule has 2 N–H and O–H groups in total. The lowest BCUT2D eigenvalue weighted by molar-refractivity contribution is -0.0721. The Morgan fingerprint density at radius 2 is 1.88 bits per heavy atom. The molecule has 0 spiro atoms. The molecule has 0 aliphatic carbocycles. The van der Waals surface area contributed by atoms with Crippen LogP contribution in [0.3, 0.4) is 0 Å². The van der Waals surface area contributed by atoms with Gasteiger partial charge in [-0.25, -0.2) is 4.98 Å². The van der Waals surface area contributed by atoms with Crippen molar-refractivity contribution in [3.8, 4) is 28.5 Å². The summed E-state index contributed by atoms with van der Waals surface area (Å²) in [7, 11) is 3.44. The van der Waals surface area contributed by atoms with E-state index in [1.54, 1.807) is 13.3 Å². The summed E-state index contributed by atoms with van der Waals surface area (Å²) in [6, 6.07) is 5.89. The van der Waals surface area contributed by atoms with Crippen molar-refractivity contribution in [3.63, 3.8) is 0 Å². The number of aromatic nitrogens is 5. The number of hydrogen-bond acceptors (Lipinski definition) is 9. The molecule has 4 aromatic rings. The van der Waals surface area contributed by atoms with Gasteiger partial charge in [-0.05, 0) is 37.6 Å². The van der Waals surface area contributed by atoms with Gasteiger partial charge in [0.05, 0.1) is 48.8 Å². The SMILES string of the molecule is COc1ncc(-c2cc(-c3nnc(CN4C[C@@H](C)O[C@@H](C)C4)o3)c3cnn(C)c3c2)cc1N. The smallest absolute Gasteiger partial charge is 0.248 e. The highest BCUT2D eigenvalue weighted by atomic mass is 16.5. The van der Waals surface area contributed by atoms with E-state index in [2.05, 4.69) is 39.0 Å². The number of morpholine rings is 1. The summed E-state index contributed by atoms with van der Waals surface area (Å²) < 4.78 is 18.9. The maximum Gasteiger partial charge on any atom is 0.248 e. The Bertz CT molecular complexity index is 1290. The number of methoxy groups -OCH3 is 1. The van der Waals surface area contributed by atoms with Gasteiger partial charge in [-0.3, -0.25) is 9.58 Å². The number of fused-ring (bicyclic) bond motifs is 1. The summed E-state index contributed by atoms with van der Waals surface area (Å²) >= 11 is 0. The molecule has 1 fully saturated rings. The lowest BCUT2D eigenvalue weighted by Gasteiger charge is -2.34. The molecule has 10 nitrogen and oxygen atoms in total. The van der Waals surface area contributed by atoms with Crippen molar-refractivity contribution in [1.29, 1.82) is 0 Å². The first-order chi connectivity index (χ1) is 15.9. The van der Waals surface area contributed by atoms with Crippen LogP contribution >= 0.6 is 0 Å². The quantitative estimate of drug-likeness (QED) is 0.491. The molecule has 172 valence electrons. The van der Waals surface area contributed by atoms with E-state index in [-0.39, 0.29) is 12.2 Å². The van der Waals surface area contributed by atoms with Crippen LogP contribution in [-0.4, -0.2) is 62.3 Å². The minimum atomic E-state index is 0.174. The highest BCUT2D eigenvalue weighted by molar-refractivity contribution is 5.96. The molecule has 10 heteroatoms. The van der Waals surface area contributed by atoms with E-state index >= 15 is 0 Å². The van der Waals surface area contributed by atoms with Gasteiger partial charge in [0.2, 0.25) is 17.7 Å². The molecule has 0 amide bonds. The zero-order chi connectivity index (χ0) is 23.1. The topological polar surface area (TPSA) is 117 Å². The number of aryl methyl sites for hydroxylation is 1. The number of nitrogens with two attached hydrogens (primary N) is 1. The van der Waals surface area contributed by atoms with Crippen LogP contribution in [0.1, 0.15) is 19.7 Å². The Labute approximate surface area is 191 Å². The number of ether oxygens (including phenoxy) is 2. The van der Waals surface area contributed by atoms with Crippen LogP contribution in [0.4, 0.5) is 5.69 Å². The molecular formula is C23H27N7O3. The highest BCUT2D eigenvalue weighted by Crippen LogP contribution is 2.35. The van der Waals surface area contributed by atoms with E-state index in [0.29, 0.717) is 29.9 Å². The zero-order valence-corrected chi connectivity index (χ0v) is 19.1. The lowest BCUT2D eigenvalue weighted by atomic mass is 10.0. The molecule has 0 radical (unpaired) electrons. The Morgan fingerprint density at radius 1 is 1.09 bits per heavy atom. The lowest BCUT2D eigenvalue weighted by Crippen LogP contribution is -2.44. The molecule has 0 saturated carbocycles. The number of pyridine rings is 1. The second-order valence-electron chi connectivity index (χ2n) is 8.50. The standard InChI is InChI=1S/C23H27N7O3/c1-13-10-30(11-14(2)32-13)12-21-27-28-22(33-21)17-5-15(7-20-18(17)9-26-29(20)3)16-6-19(24)23(31-4)25-8-16/h5-9,13-14H,10-12,24H2,1-4H3/t13-,14+. The number of rotatable bonds is 5. The van der Waals surface area contributed by atoms with Gasteiger partial charge in [-0.1, -0.05) is 0 Å². The summed E-state index contributed by atoms with van der Waals surface area (Å²) in [6.07, 6.45) is 3.89. The number of nitrogen functional groups attached to an aromatic ring is 1. The van der Waals surface area contributed by atoms with Crippen LogP contribution < -0.4 is 10.5 Å². The van der Waals surface area contributed by atoms with Gasteiger partial charge in [0.15, 0.2) is 0 Å². The van der Waals surface area contributed by atoms with Gasteiger partial charge in [-0.2, -0.15) is 5.10 Å². The van der Waals surface area contributed by atoms with Crippen LogP contribution in [0.5, 0.6) is 5.88 Å². The van der Waals surface area contributed by atoms with Crippen LogP contribution in [0.15, 0.2) is 35.0 Å².